The van der Waals surface area contributed by atoms with Gasteiger partial charge in [0.2, 0.25) is 0 Å². The van der Waals surface area contributed by atoms with Gasteiger partial charge in [0.05, 0.1) is 5.56 Å². The lowest BCUT2D eigenvalue weighted by atomic mass is 9.89. The van der Waals surface area contributed by atoms with Gasteiger partial charge in [-0.3, -0.25) is 0 Å². The second kappa shape index (κ2) is 12.8. The normalized spacial score (nSPS) is 13.7. The molecule has 0 N–H and O–H groups in total. The first-order chi connectivity index (χ1) is 15.0. The van der Waals surface area contributed by atoms with Crippen LogP contribution in [0.15, 0.2) is 54.6 Å². The topological polar surface area (TPSA) is 61.8 Å². The Morgan fingerprint density at radius 3 is 1.94 bits per heavy atom. The summed E-state index contributed by atoms with van der Waals surface area (Å²) in [5.41, 5.74) is 1.74. The number of ether oxygens (including phenoxy) is 3. The summed E-state index contributed by atoms with van der Waals surface area (Å²) in [5, 5.41) is 0. The van der Waals surface area contributed by atoms with E-state index in [0.29, 0.717) is 30.6 Å². The van der Waals surface area contributed by atoms with Crippen LogP contribution in [-0.4, -0.2) is 24.3 Å². The molecule has 31 heavy (non-hydrogen) atoms. The van der Waals surface area contributed by atoms with Crippen LogP contribution in [0.25, 0.3) is 0 Å². The molecule has 2 aromatic rings. The summed E-state index contributed by atoms with van der Waals surface area (Å²) < 4.78 is 16.7. The Morgan fingerprint density at radius 1 is 0.774 bits per heavy atom. The lowest BCUT2D eigenvalue weighted by molar-refractivity contribution is -0.0360. The second-order valence-corrected chi connectivity index (χ2v) is 7.60. The van der Waals surface area contributed by atoms with Crippen LogP contribution in [0.1, 0.15) is 69.3 Å². The Bertz CT molecular complexity index is 800. The van der Waals surface area contributed by atoms with Gasteiger partial charge >= 0.3 is 12.1 Å². The molecule has 0 heterocycles. The molecule has 0 bridgehead atoms. The predicted octanol–water partition coefficient (Wildman–Crippen LogP) is 6.59. The number of hydrogen-bond acceptors (Lipinski definition) is 5. The smallest absolute Gasteiger partial charge is 0.458 e. The number of benzene rings is 2. The molecule has 0 saturated heterocycles. The van der Waals surface area contributed by atoms with E-state index in [-0.39, 0.29) is 18.0 Å². The standard InChI is InChI=1S/C26H34O5/c1-5-12-19-15-17-20(18-16-19)25(27)30-23(7-3)22(6-2)24(8-4)31-26(28)29-21-13-10-9-11-14-21/h9-11,13-18,22-24H,5-8,12H2,1-4H3. The number of para-hydroxylation sites is 1. The van der Waals surface area contributed by atoms with E-state index < -0.39 is 12.3 Å². The van der Waals surface area contributed by atoms with Crippen molar-refractivity contribution in [2.24, 2.45) is 5.92 Å². The van der Waals surface area contributed by atoms with Crippen LogP contribution in [0.4, 0.5) is 4.79 Å². The van der Waals surface area contributed by atoms with Crippen molar-refractivity contribution >= 4 is 12.1 Å². The minimum Gasteiger partial charge on any atom is -0.458 e. The van der Waals surface area contributed by atoms with Crippen molar-refractivity contribution in [2.75, 3.05) is 0 Å². The zero-order valence-electron chi connectivity index (χ0n) is 19.0. The number of carbonyl (C=O) groups is 2. The van der Waals surface area contributed by atoms with Crippen LogP contribution in [-0.2, 0) is 15.9 Å². The summed E-state index contributed by atoms with van der Waals surface area (Å²) >= 11 is 0. The molecule has 5 heteroatoms. The van der Waals surface area contributed by atoms with Crippen LogP contribution in [0.3, 0.4) is 0 Å². The molecule has 5 nitrogen and oxygen atoms in total. The molecule has 168 valence electrons. The molecule has 0 aromatic heterocycles. The van der Waals surface area contributed by atoms with Gasteiger partial charge in [-0.05, 0) is 55.5 Å². The van der Waals surface area contributed by atoms with Gasteiger partial charge in [-0.15, -0.1) is 0 Å². The molecule has 2 rings (SSSR count). The molecule has 2 aromatic carbocycles. The highest BCUT2D eigenvalue weighted by atomic mass is 16.7. The van der Waals surface area contributed by atoms with Crippen molar-refractivity contribution in [3.05, 3.63) is 65.7 Å². The van der Waals surface area contributed by atoms with Crippen LogP contribution in [0.2, 0.25) is 0 Å². The fourth-order valence-corrected chi connectivity index (χ4v) is 3.75. The molecule has 0 aliphatic rings. The van der Waals surface area contributed by atoms with Gasteiger partial charge in [-0.2, -0.15) is 0 Å². The molecule has 0 fully saturated rings. The summed E-state index contributed by atoms with van der Waals surface area (Å²) in [6, 6.07) is 16.4. The maximum Gasteiger partial charge on any atom is 0.514 e. The zero-order chi connectivity index (χ0) is 22.6. The molecule has 3 atom stereocenters. The van der Waals surface area contributed by atoms with Crippen LogP contribution < -0.4 is 4.74 Å². The summed E-state index contributed by atoms with van der Waals surface area (Å²) in [6.07, 6.45) is 2.47. The number of hydrogen-bond donors (Lipinski definition) is 0. The summed E-state index contributed by atoms with van der Waals surface area (Å²) in [5.74, 6) is -0.0444. The van der Waals surface area contributed by atoms with Crippen molar-refractivity contribution in [1.29, 1.82) is 0 Å². The van der Waals surface area contributed by atoms with Gasteiger partial charge in [0.1, 0.15) is 18.0 Å². The second-order valence-electron chi connectivity index (χ2n) is 7.60. The Kier molecular flexibility index (Phi) is 10.1. The molecular formula is C26H34O5. The van der Waals surface area contributed by atoms with Gasteiger partial charge < -0.3 is 14.2 Å². The average Bonchev–Trinajstić information content (AvgIpc) is 2.79. The molecule has 0 radical (unpaired) electrons. The van der Waals surface area contributed by atoms with Crippen LogP contribution in [0.5, 0.6) is 5.75 Å². The van der Waals surface area contributed by atoms with Gasteiger partial charge in [0, 0.05) is 5.92 Å². The minimum absolute atomic E-state index is 0.123. The third kappa shape index (κ3) is 7.42. The largest absolute Gasteiger partial charge is 0.514 e. The molecule has 0 aliphatic heterocycles. The number of rotatable bonds is 11. The maximum absolute atomic E-state index is 12.7. The fraction of sp³-hybridized carbons (Fsp3) is 0.462. The molecule has 3 unspecified atom stereocenters. The summed E-state index contributed by atoms with van der Waals surface area (Å²) in [7, 11) is 0. The minimum atomic E-state index is -0.746. The van der Waals surface area contributed by atoms with E-state index >= 15 is 0 Å². The van der Waals surface area contributed by atoms with Crippen molar-refractivity contribution in [2.45, 2.75) is 72.0 Å². The number of carbonyl (C=O) groups excluding carboxylic acids is 2. The summed E-state index contributed by atoms with van der Waals surface area (Å²) in [4.78, 5) is 25.0. The predicted molar refractivity (Wildman–Crippen MR) is 121 cm³/mol. The first kappa shape index (κ1) is 24.4. The molecule has 0 spiro atoms. The van der Waals surface area contributed by atoms with Gasteiger partial charge in [-0.1, -0.05) is 64.4 Å². The van der Waals surface area contributed by atoms with E-state index in [0.717, 1.165) is 12.8 Å². The van der Waals surface area contributed by atoms with Gasteiger partial charge in [0.25, 0.3) is 0 Å². The van der Waals surface area contributed by atoms with Crippen molar-refractivity contribution < 1.29 is 23.8 Å². The first-order valence-corrected chi connectivity index (χ1v) is 11.3. The summed E-state index contributed by atoms with van der Waals surface area (Å²) in [6.45, 7) is 8.06. The quantitative estimate of drug-likeness (QED) is 0.299. The van der Waals surface area contributed by atoms with Crippen molar-refractivity contribution in [3.8, 4) is 5.75 Å². The number of aryl methyl sites for hydroxylation is 1. The Labute approximate surface area is 185 Å². The van der Waals surface area contributed by atoms with E-state index in [1.165, 1.54) is 5.56 Å². The molecular weight excluding hydrogens is 392 g/mol. The van der Waals surface area contributed by atoms with Crippen LogP contribution in [0, 0.1) is 5.92 Å². The Hall–Kier alpha value is -2.82. The van der Waals surface area contributed by atoms with E-state index in [9.17, 15) is 9.59 Å². The number of esters is 1. The van der Waals surface area contributed by atoms with Gasteiger partial charge in [0.15, 0.2) is 0 Å². The third-order valence-corrected chi connectivity index (χ3v) is 5.41. The Morgan fingerprint density at radius 2 is 1.39 bits per heavy atom. The first-order valence-electron chi connectivity index (χ1n) is 11.3. The van der Waals surface area contributed by atoms with Crippen molar-refractivity contribution in [1.82, 2.24) is 0 Å². The van der Waals surface area contributed by atoms with Gasteiger partial charge in [-0.25, -0.2) is 9.59 Å². The fourth-order valence-electron chi connectivity index (χ4n) is 3.75. The van der Waals surface area contributed by atoms with E-state index in [2.05, 4.69) is 6.92 Å². The zero-order valence-corrected chi connectivity index (χ0v) is 19.0. The SMILES string of the molecule is CCCc1ccc(C(=O)OC(CC)C(CC)C(CC)OC(=O)Oc2ccccc2)cc1. The van der Waals surface area contributed by atoms with E-state index in [4.69, 9.17) is 14.2 Å². The third-order valence-electron chi connectivity index (χ3n) is 5.41. The molecule has 0 aliphatic carbocycles. The Balaban J connectivity index is 2.03. The van der Waals surface area contributed by atoms with E-state index in [1.54, 1.807) is 24.3 Å². The molecule has 0 amide bonds. The highest BCUT2D eigenvalue weighted by molar-refractivity contribution is 5.89. The lowest BCUT2D eigenvalue weighted by Crippen LogP contribution is -2.37. The van der Waals surface area contributed by atoms with E-state index in [1.807, 2.05) is 51.1 Å². The van der Waals surface area contributed by atoms with Crippen molar-refractivity contribution in [3.63, 3.8) is 0 Å². The highest BCUT2D eigenvalue weighted by Crippen LogP contribution is 2.26. The van der Waals surface area contributed by atoms with Crippen LogP contribution >= 0.6 is 0 Å². The average molecular weight is 427 g/mol. The highest BCUT2D eigenvalue weighted by Gasteiger charge is 2.32. The molecule has 0 saturated carbocycles. The monoisotopic (exact) mass is 426 g/mol. The lowest BCUT2D eigenvalue weighted by Gasteiger charge is -2.31. The maximum atomic E-state index is 12.7.